The van der Waals surface area contributed by atoms with E-state index in [0.717, 1.165) is 19.3 Å². The van der Waals surface area contributed by atoms with Gasteiger partial charge in [0.15, 0.2) is 0 Å². The summed E-state index contributed by atoms with van der Waals surface area (Å²) in [5.74, 6) is -0.408. The van der Waals surface area contributed by atoms with E-state index in [0.29, 0.717) is 29.4 Å². The molecule has 22 heavy (non-hydrogen) atoms. The van der Waals surface area contributed by atoms with Crippen LogP contribution in [0.3, 0.4) is 0 Å². The Kier molecular flexibility index (Phi) is 5.69. The van der Waals surface area contributed by atoms with E-state index in [9.17, 15) is 14.0 Å². The summed E-state index contributed by atoms with van der Waals surface area (Å²) in [6, 6.07) is 5.87. The van der Waals surface area contributed by atoms with Crippen LogP contribution in [-0.4, -0.2) is 17.4 Å². The first kappa shape index (κ1) is 16.2. The van der Waals surface area contributed by atoms with Gasteiger partial charge in [-0.1, -0.05) is 19.8 Å². The third-order valence-corrected chi connectivity index (χ3v) is 3.61. The average Bonchev–Trinajstić information content (AvgIpc) is 2.50. The molecule has 2 rings (SSSR count). The summed E-state index contributed by atoms with van der Waals surface area (Å²) in [6.45, 7) is 2.78. The van der Waals surface area contributed by atoms with E-state index >= 15 is 0 Å². The second-order valence-electron chi connectivity index (χ2n) is 5.41. The van der Waals surface area contributed by atoms with Gasteiger partial charge in [0.05, 0.1) is 0 Å². The SMILES string of the molecule is CCCCCNC(=O)CCc1cc2cc(F)ccc2[nH]c1=O. The van der Waals surface area contributed by atoms with Crippen LogP contribution in [0, 0.1) is 5.82 Å². The first-order valence-corrected chi connectivity index (χ1v) is 7.68. The third-order valence-electron chi connectivity index (χ3n) is 3.61. The third kappa shape index (κ3) is 4.41. The lowest BCUT2D eigenvalue weighted by atomic mass is 10.1. The Morgan fingerprint density at radius 2 is 2.09 bits per heavy atom. The number of fused-ring (bicyclic) bond motifs is 1. The molecule has 0 unspecified atom stereocenters. The number of aromatic nitrogens is 1. The van der Waals surface area contributed by atoms with Crippen LogP contribution in [0.2, 0.25) is 0 Å². The largest absolute Gasteiger partial charge is 0.356 e. The van der Waals surface area contributed by atoms with Gasteiger partial charge in [-0.05, 0) is 37.1 Å². The van der Waals surface area contributed by atoms with E-state index in [1.54, 1.807) is 6.07 Å². The molecule has 0 saturated heterocycles. The number of hydrogen-bond donors (Lipinski definition) is 2. The van der Waals surface area contributed by atoms with E-state index in [4.69, 9.17) is 0 Å². The first-order valence-electron chi connectivity index (χ1n) is 7.68. The minimum absolute atomic E-state index is 0.0603. The molecule has 0 spiro atoms. The number of H-pyrrole nitrogens is 1. The van der Waals surface area contributed by atoms with Crippen molar-refractivity contribution in [3.8, 4) is 0 Å². The number of hydrogen-bond acceptors (Lipinski definition) is 2. The van der Waals surface area contributed by atoms with Gasteiger partial charge in [0, 0.05) is 29.4 Å². The zero-order chi connectivity index (χ0) is 15.9. The van der Waals surface area contributed by atoms with E-state index in [1.807, 2.05) is 0 Å². The predicted molar refractivity (Wildman–Crippen MR) is 85.4 cm³/mol. The Labute approximate surface area is 128 Å². The van der Waals surface area contributed by atoms with Crippen molar-refractivity contribution >= 4 is 16.8 Å². The van der Waals surface area contributed by atoms with Crippen molar-refractivity contribution in [2.75, 3.05) is 6.54 Å². The van der Waals surface area contributed by atoms with Crippen molar-refractivity contribution in [3.63, 3.8) is 0 Å². The number of unbranched alkanes of at least 4 members (excludes halogenated alkanes) is 2. The Balaban J connectivity index is 1.97. The smallest absolute Gasteiger partial charge is 0.251 e. The van der Waals surface area contributed by atoms with E-state index in [2.05, 4.69) is 17.2 Å². The maximum atomic E-state index is 13.2. The van der Waals surface area contributed by atoms with Gasteiger partial charge in [-0.15, -0.1) is 0 Å². The molecule has 1 amide bonds. The molecule has 0 bridgehead atoms. The van der Waals surface area contributed by atoms with Gasteiger partial charge in [-0.25, -0.2) is 4.39 Å². The molecule has 118 valence electrons. The Hall–Kier alpha value is -2.17. The molecule has 0 radical (unpaired) electrons. The van der Waals surface area contributed by atoms with Crippen LogP contribution >= 0.6 is 0 Å². The molecule has 4 nitrogen and oxygen atoms in total. The summed E-state index contributed by atoms with van der Waals surface area (Å²) in [4.78, 5) is 26.4. The zero-order valence-electron chi connectivity index (χ0n) is 12.7. The standard InChI is InChI=1S/C17H21FN2O2/c1-2-3-4-9-19-16(21)8-5-12-10-13-11-14(18)6-7-15(13)20-17(12)22/h6-7,10-11H,2-5,8-9H2,1H3,(H,19,21)(H,20,22). The van der Waals surface area contributed by atoms with Crippen LogP contribution in [-0.2, 0) is 11.2 Å². The second-order valence-corrected chi connectivity index (χ2v) is 5.41. The molecule has 0 aliphatic heterocycles. The maximum absolute atomic E-state index is 13.2. The summed E-state index contributed by atoms with van der Waals surface area (Å²) in [6.07, 6.45) is 3.78. The fraction of sp³-hybridized carbons (Fsp3) is 0.412. The van der Waals surface area contributed by atoms with Crippen LogP contribution in [0.5, 0.6) is 0 Å². The van der Waals surface area contributed by atoms with Crippen molar-refractivity contribution < 1.29 is 9.18 Å². The fourth-order valence-corrected chi connectivity index (χ4v) is 2.35. The number of carbonyl (C=O) groups is 1. The highest BCUT2D eigenvalue weighted by molar-refractivity contribution is 5.79. The second kappa shape index (κ2) is 7.73. The number of carbonyl (C=O) groups excluding carboxylic acids is 1. The lowest BCUT2D eigenvalue weighted by Gasteiger charge is -2.05. The molecule has 5 heteroatoms. The topological polar surface area (TPSA) is 62.0 Å². The van der Waals surface area contributed by atoms with Crippen molar-refractivity contribution in [1.82, 2.24) is 10.3 Å². The molecule has 0 atom stereocenters. The summed E-state index contributed by atoms with van der Waals surface area (Å²) in [5.41, 5.74) is 0.874. The molecule has 2 N–H and O–H groups in total. The van der Waals surface area contributed by atoms with Gasteiger partial charge in [0.25, 0.3) is 5.56 Å². The molecule has 0 aliphatic carbocycles. The van der Waals surface area contributed by atoms with Crippen LogP contribution in [0.4, 0.5) is 4.39 Å². The van der Waals surface area contributed by atoms with Gasteiger partial charge in [-0.2, -0.15) is 0 Å². The van der Waals surface area contributed by atoms with E-state index in [1.165, 1.54) is 18.2 Å². The monoisotopic (exact) mass is 304 g/mol. The molecule has 0 saturated carbocycles. The first-order chi connectivity index (χ1) is 10.6. The Morgan fingerprint density at radius 1 is 1.27 bits per heavy atom. The molecule has 1 heterocycles. The molecular formula is C17H21FN2O2. The highest BCUT2D eigenvalue weighted by Crippen LogP contribution is 2.13. The van der Waals surface area contributed by atoms with Crippen molar-refractivity contribution in [1.29, 1.82) is 0 Å². The van der Waals surface area contributed by atoms with Gasteiger partial charge < -0.3 is 10.3 Å². The molecule has 0 fully saturated rings. The number of nitrogens with one attached hydrogen (secondary N) is 2. The van der Waals surface area contributed by atoms with Gasteiger partial charge >= 0.3 is 0 Å². The van der Waals surface area contributed by atoms with Gasteiger partial charge in [0.2, 0.25) is 5.91 Å². The zero-order valence-corrected chi connectivity index (χ0v) is 12.7. The van der Waals surface area contributed by atoms with Crippen LogP contribution in [0.25, 0.3) is 10.9 Å². The minimum Gasteiger partial charge on any atom is -0.356 e. The van der Waals surface area contributed by atoms with Crippen molar-refractivity contribution in [3.05, 3.63) is 46.0 Å². The quantitative estimate of drug-likeness (QED) is 0.773. The number of aryl methyl sites for hydroxylation is 1. The number of amides is 1. The molecule has 2 aromatic rings. The number of halogens is 1. The molecule has 1 aromatic heterocycles. The number of benzene rings is 1. The maximum Gasteiger partial charge on any atom is 0.251 e. The molecule has 1 aromatic carbocycles. The van der Waals surface area contributed by atoms with E-state index in [-0.39, 0.29) is 23.7 Å². The minimum atomic E-state index is -0.348. The normalized spacial score (nSPS) is 10.8. The van der Waals surface area contributed by atoms with E-state index < -0.39 is 0 Å². The van der Waals surface area contributed by atoms with Gasteiger partial charge in [0.1, 0.15) is 5.82 Å². The fourth-order valence-electron chi connectivity index (χ4n) is 2.35. The molecular weight excluding hydrogens is 283 g/mol. The number of aromatic amines is 1. The number of pyridine rings is 1. The highest BCUT2D eigenvalue weighted by Gasteiger charge is 2.07. The summed E-state index contributed by atoms with van der Waals surface area (Å²) in [5, 5.41) is 3.48. The summed E-state index contributed by atoms with van der Waals surface area (Å²) in [7, 11) is 0. The lowest BCUT2D eigenvalue weighted by Crippen LogP contribution is -2.25. The Morgan fingerprint density at radius 3 is 2.86 bits per heavy atom. The van der Waals surface area contributed by atoms with Gasteiger partial charge in [-0.3, -0.25) is 9.59 Å². The van der Waals surface area contributed by atoms with Crippen LogP contribution < -0.4 is 10.9 Å². The molecule has 0 aliphatic rings. The summed E-state index contributed by atoms with van der Waals surface area (Å²) >= 11 is 0. The van der Waals surface area contributed by atoms with Crippen molar-refractivity contribution in [2.24, 2.45) is 0 Å². The average molecular weight is 304 g/mol. The van der Waals surface area contributed by atoms with Crippen LogP contribution in [0.15, 0.2) is 29.1 Å². The Bertz CT molecular complexity index is 709. The highest BCUT2D eigenvalue weighted by atomic mass is 19.1. The predicted octanol–water partition coefficient (Wildman–Crippen LogP) is 2.91. The van der Waals surface area contributed by atoms with Crippen molar-refractivity contribution in [2.45, 2.75) is 39.0 Å². The summed E-state index contributed by atoms with van der Waals surface area (Å²) < 4.78 is 13.2. The number of rotatable bonds is 7. The lowest BCUT2D eigenvalue weighted by molar-refractivity contribution is -0.121. The van der Waals surface area contributed by atoms with Crippen LogP contribution in [0.1, 0.15) is 38.2 Å².